The van der Waals surface area contributed by atoms with E-state index in [1.165, 1.54) is 12.3 Å². The van der Waals surface area contributed by atoms with Crippen molar-refractivity contribution in [3.05, 3.63) is 22.4 Å². The fourth-order valence-corrected chi connectivity index (χ4v) is 0.258. The summed E-state index contributed by atoms with van der Waals surface area (Å²) in [5.41, 5.74) is 0. The molecule has 1 aromatic rings. The molecule has 3 nitrogen and oxygen atoms in total. The van der Waals surface area contributed by atoms with Crippen LogP contribution in [0.25, 0.3) is 0 Å². The minimum atomic E-state index is -0.133. The summed E-state index contributed by atoms with van der Waals surface area (Å²) in [6, 6.07) is 1.30. The van der Waals surface area contributed by atoms with Gasteiger partial charge in [0, 0.05) is 0 Å². The van der Waals surface area contributed by atoms with Crippen molar-refractivity contribution in [2.45, 2.75) is 0 Å². The van der Waals surface area contributed by atoms with E-state index in [0.717, 1.165) is 7.05 Å². The first-order chi connectivity index (χ1) is 3.39. The van der Waals surface area contributed by atoms with Crippen LogP contribution in [0.2, 0.25) is 0 Å². The van der Waals surface area contributed by atoms with E-state index in [1.807, 2.05) is 0 Å². The topological polar surface area (TPSA) is 43.1 Å². The molecule has 1 aromatic heterocycles. The molecule has 0 aliphatic carbocycles. The van der Waals surface area contributed by atoms with Gasteiger partial charge in [-0.1, -0.05) is 0 Å². The van der Waals surface area contributed by atoms with Gasteiger partial charge in [0.05, 0.1) is 0 Å². The summed E-state index contributed by atoms with van der Waals surface area (Å²) >= 11 is 0. The van der Waals surface area contributed by atoms with Crippen LogP contribution in [0.4, 0.5) is 0 Å². The Kier molecular flexibility index (Phi) is 1.02. The summed E-state index contributed by atoms with van der Waals surface area (Å²) in [6.07, 6.45) is 1.24. The van der Waals surface area contributed by atoms with Crippen LogP contribution in [-0.4, -0.2) is 12.1 Å². The molecule has 0 saturated carbocycles. The zero-order valence-corrected chi connectivity index (χ0v) is 3.50. The second-order valence-corrected chi connectivity index (χ2v) is 1.05. The Bertz CT molecular complexity index is 179. The second-order valence-electron chi connectivity index (χ2n) is 1.05. The summed E-state index contributed by atoms with van der Waals surface area (Å²) in [6.45, 7) is 0. The summed E-state index contributed by atoms with van der Waals surface area (Å²) in [5, 5.41) is 3.06. The van der Waals surface area contributed by atoms with Gasteiger partial charge < -0.3 is 0 Å². The van der Waals surface area contributed by atoms with Crippen molar-refractivity contribution in [1.29, 1.82) is 0 Å². The Morgan fingerprint density at radius 1 is 1.86 bits per heavy atom. The molecule has 0 unspecified atom stereocenters. The molecule has 0 aliphatic rings. The van der Waals surface area contributed by atoms with Gasteiger partial charge in [-0.25, -0.2) is 0 Å². The van der Waals surface area contributed by atoms with Gasteiger partial charge in [-0.3, -0.25) is 0 Å². The molecule has 4 heteroatoms. The molecule has 0 saturated heterocycles. The van der Waals surface area contributed by atoms with Crippen LogP contribution in [0.3, 0.4) is 0 Å². The van der Waals surface area contributed by atoms with Gasteiger partial charge in [-0.05, 0) is 0 Å². The van der Waals surface area contributed by atoms with E-state index in [-0.39, 0.29) is 5.32 Å². The first-order valence-electron chi connectivity index (χ1n) is 1.79. The Balaban J connectivity index is 3.28. The standard InChI is InChI=1S/C3H2BNO2/c6-3-1-2-7-5-4-3/h1-2H. The predicted molar refractivity (Wildman–Crippen MR) is 24.1 cm³/mol. The van der Waals surface area contributed by atoms with E-state index in [2.05, 4.69) is 9.59 Å². The molecule has 0 aliphatic heterocycles. The fourth-order valence-electron chi connectivity index (χ4n) is 0.258. The summed E-state index contributed by atoms with van der Waals surface area (Å²) in [4.78, 5) is 10.1. The summed E-state index contributed by atoms with van der Waals surface area (Å²) in [5.74, 6) is 0. The van der Waals surface area contributed by atoms with Crippen molar-refractivity contribution in [3.63, 3.8) is 0 Å². The molecule has 34 valence electrons. The maximum absolute atomic E-state index is 10.1. The molecule has 0 fully saturated rings. The molecule has 0 bridgehead atoms. The quantitative estimate of drug-likeness (QED) is 0.430. The van der Waals surface area contributed by atoms with Crippen LogP contribution >= 0.6 is 0 Å². The third kappa shape index (κ3) is 0.959. The maximum atomic E-state index is 10.1. The summed E-state index contributed by atoms with van der Waals surface area (Å²) < 4.78 is 4.31. The molecule has 0 radical (unpaired) electrons. The molecule has 0 spiro atoms. The normalized spacial score (nSPS) is 8.00. The van der Waals surface area contributed by atoms with E-state index in [4.69, 9.17) is 0 Å². The van der Waals surface area contributed by atoms with Crippen molar-refractivity contribution in [3.8, 4) is 0 Å². The number of nitrogens with zero attached hydrogens (tertiary/aromatic N) is 1. The molecular formula is C3H2BNO2. The zero-order chi connectivity index (χ0) is 5.11. The first-order valence-corrected chi connectivity index (χ1v) is 1.79. The minimum absolute atomic E-state index is 0.133. The molecule has 0 N–H and O–H groups in total. The first kappa shape index (κ1) is 4.24. The molecular weight excluding hydrogens is 92.8 g/mol. The average Bonchev–Trinajstić information content (AvgIpc) is 1.69. The van der Waals surface area contributed by atoms with Gasteiger partial charge in [0.15, 0.2) is 0 Å². The van der Waals surface area contributed by atoms with Crippen LogP contribution in [0.5, 0.6) is 0 Å². The molecule has 0 aromatic carbocycles. The van der Waals surface area contributed by atoms with E-state index in [0.29, 0.717) is 0 Å². The van der Waals surface area contributed by atoms with Crippen molar-refractivity contribution in [1.82, 2.24) is 5.06 Å². The molecule has 0 amide bonds. The average molecular weight is 94.9 g/mol. The van der Waals surface area contributed by atoms with E-state index >= 15 is 0 Å². The van der Waals surface area contributed by atoms with E-state index in [1.54, 1.807) is 0 Å². The van der Waals surface area contributed by atoms with E-state index in [9.17, 15) is 4.79 Å². The number of hydrogen-bond donors (Lipinski definition) is 0. The van der Waals surface area contributed by atoms with Crippen molar-refractivity contribution in [2.24, 2.45) is 0 Å². The Labute approximate surface area is 40.2 Å². The number of rotatable bonds is 0. The number of aromatic nitrogens is 1. The monoisotopic (exact) mass is 95.0 g/mol. The van der Waals surface area contributed by atoms with Crippen LogP contribution in [0.15, 0.2) is 21.6 Å². The zero-order valence-electron chi connectivity index (χ0n) is 3.50. The SMILES string of the molecule is O=c1bnocc1. The molecule has 7 heavy (non-hydrogen) atoms. The van der Waals surface area contributed by atoms with Gasteiger partial charge >= 0.3 is 39.1 Å². The van der Waals surface area contributed by atoms with Crippen molar-refractivity contribution >= 4 is 7.05 Å². The second kappa shape index (κ2) is 1.68. The van der Waals surface area contributed by atoms with Crippen molar-refractivity contribution < 1.29 is 4.52 Å². The summed E-state index contributed by atoms with van der Waals surface area (Å²) in [7, 11) is 1.11. The van der Waals surface area contributed by atoms with Crippen LogP contribution in [0, 0.1) is 0 Å². The Morgan fingerprint density at radius 2 is 2.71 bits per heavy atom. The van der Waals surface area contributed by atoms with Crippen LogP contribution < -0.4 is 5.32 Å². The number of hydrogen-bond acceptors (Lipinski definition) is 3. The Hall–Kier alpha value is -0.925. The van der Waals surface area contributed by atoms with Crippen LogP contribution in [-0.2, 0) is 0 Å². The fraction of sp³-hybridized carbons (Fsp3) is 0. The van der Waals surface area contributed by atoms with Gasteiger partial charge in [0.1, 0.15) is 0 Å². The van der Waals surface area contributed by atoms with Gasteiger partial charge in [-0.15, -0.1) is 0 Å². The molecule has 1 rings (SSSR count). The van der Waals surface area contributed by atoms with Gasteiger partial charge in [0.2, 0.25) is 0 Å². The van der Waals surface area contributed by atoms with E-state index < -0.39 is 0 Å². The third-order valence-corrected chi connectivity index (χ3v) is 0.534. The van der Waals surface area contributed by atoms with Gasteiger partial charge in [0.25, 0.3) is 0 Å². The van der Waals surface area contributed by atoms with Crippen molar-refractivity contribution in [2.75, 3.05) is 0 Å². The third-order valence-electron chi connectivity index (χ3n) is 0.534. The predicted octanol–water partition coefficient (Wildman–Crippen LogP) is -0.627. The molecule has 1 heterocycles. The van der Waals surface area contributed by atoms with Gasteiger partial charge in [-0.2, -0.15) is 0 Å². The molecule has 0 atom stereocenters. The van der Waals surface area contributed by atoms with Crippen LogP contribution in [0.1, 0.15) is 0 Å². The Morgan fingerprint density at radius 3 is 3.00 bits per heavy atom.